The van der Waals surface area contributed by atoms with Crippen molar-refractivity contribution in [1.29, 1.82) is 0 Å². The first kappa shape index (κ1) is 13.6. The van der Waals surface area contributed by atoms with E-state index in [0.717, 1.165) is 0 Å². The fourth-order valence-electron chi connectivity index (χ4n) is 3.22. The summed E-state index contributed by atoms with van der Waals surface area (Å²) < 4.78 is 33.8. The number of amides is 1. The Balaban J connectivity index is 1.78. The van der Waals surface area contributed by atoms with E-state index in [4.69, 9.17) is 9.15 Å². The Kier molecular flexibility index (Phi) is 3.13. The van der Waals surface area contributed by atoms with E-state index in [-0.39, 0.29) is 30.7 Å². The van der Waals surface area contributed by atoms with Gasteiger partial charge in [-0.2, -0.15) is 0 Å². The molecule has 1 aromatic heterocycles. The lowest BCUT2D eigenvalue weighted by Crippen LogP contribution is -2.68. The molecule has 0 N–H and O–H groups in total. The lowest BCUT2D eigenvalue weighted by molar-refractivity contribution is 0.0336. The summed E-state index contributed by atoms with van der Waals surface area (Å²) in [5, 5.41) is 0. The molecule has 0 bridgehead atoms. The van der Waals surface area contributed by atoms with Crippen molar-refractivity contribution in [3.63, 3.8) is 0 Å². The molecule has 2 aliphatic heterocycles. The van der Waals surface area contributed by atoms with Crippen LogP contribution in [0.15, 0.2) is 23.0 Å². The predicted octanol–water partition coefficient (Wildman–Crippen LogP) is 0.555. The van der Waals surface area contributed by atoms with Crippen LogP contribution in [0.5, 0.6) is 0 Å². The summed E-state index contributed by atoms with van der Waals surface area (Å²) in [4.78, 5) is 13.7. The number of methoxy groups -OCH3 is 1. The second-order valence-electron chi connectivity index (χ2n) is 5.50. The number of likely N-dealkylation sites (tertiary alicyclic amines) is 1. The Morgan fingerprint density at radius 2 is 2.30 bits per heavy atom. The van der Waals surface area contributed by atoms with Crippen molar-refractivity contribution >= 4 is 15.7 Å². The molecule has 2 aliphatic rings. The zero-order chi connectivity index (χ0) is 14.4. The molecule has 3 heterocycles. The second kappa shape index (κ2) is 4.60. The fourth-order valence-corrected chi connectivity index (χ4v) is 5.62. The summed E-state index contributed by atoms with van der Waals surface area (Å²) in [6.45, 7) is 0.938. The van der Waals surface area contributed by atoms with Crippen LogP contribution in [0.4, 0.5) is 0 Å². The highest BCUT2D eigenvalue weighted by molar-refractivity contribution is 7.93. The number of sulfone groups is 1. The zero-order valence-electron chi connectivity index (χ0n) is 11.2. The van der Waals surface area contributed by atoms with E-state index in [1.807, 2.05) is 0 Å². The molecule has 6 nitrogen and oxygen atoms in total. The third kappa shape index (κ3) is 1.80. The van der Waals surface area contributed by atoms with Crippen LogP contribution < -0.4 is 0 Å². The molecular weight excluding hydrogens is 282 g/mol. The van der Waals surface area contributed by atoms with Gasteiger partial charge in [-0.25, -0.2) is 8.42 Å². The van der Waals surface area contributed by atoms with Crippen LogP contribution in [-0.2, 0) is 14.6 Å². The molecule has 1 amide bonds. The maximum Gasteiger partial charge on any atom is 0.257 e. The van der Waals surface area contributed by atoms with E-state index in [2.05, 4.69) is 0 Å². The van der Waals surface area contributed by atoms with Gasteiger partial charge in [-0.3, -0.25) is 4.79 Å². The van der Waals surface area contributed by atoms with Crippen molar-refractivity contribution in [2.24, 2.45) is 5.92 Å². The van der Waals surface area contributed by atoms with Gasteiger partial charge in [0.05, 0.1) is 24.2 Å². The molecule has 0 radical (unpaired) electrons. The van der Waals surface area contributed by atoms with Crippen LogP contribution in [0.1, 0.15) is 16.8 Å². The van der Waals surface area contributed by atoms with E-state index in [1.54, 1.807) is 18.1 Å². The highest BCUT2D eigenvalue weighted by Crippen LogP contribution is 2.45. The van der Waals surface area contributed by atoms with Crippen LogP contribution in [-0.4, -0.2) is 56.5 Å². The number of nitrogens with zero attached hydrogens (tertiary/aromatic N) is 1. The van der Waals surface area contributed by atoms with Gasteiger partial charge >= 0.3 is 0 Å². The topological polar surface area (TPSA) is 76.8 Å². The van der Waals surface area contributed by atoms with Crippen molar-refractivity contribution in [2.75, 3.05) is 32.6 Å². The third-order valence-electron chi connectivity index (χ3n) is 4.44. The first-order valence-corrected chi connectivity index (χ1v) is 8.18. The highest BCUT2D eigenvalue weighted by Gasteiger charge is 2.62. The van der Waals surface area contributed by atoms with Gasteiger partial charge in [0.25, 0.3) is 5.91 Å². The average Bonchev–Trinajstić information content (AvgIpc) is 2.94. The van der Waals surface area contributed by atoms with Gasteiger partial charge in [-0.15, -0.1) is 0 Å². The molecule has 0 saturated carbocycles. The summed E-state index contributed by atoms with van der Waals surface area (Å²) in [5.41, 5.74) is 0.457. The van der Waals surface area contributed by atoms with Gasteiger partial charge in [-0.05, 0) is 12.5 Å². The zero-order valence-corrected chi connectivity index (χ0v) is 12.1. The van der Waals surface area contributed by atoms with Gasteiger partial charge in [0.2, 0.25) is 0 Å². The van der Waals surface area contributed by atoms with Gasteiger partial charge < -0.3 is 14.1 Å². The van der Waals surface area contributed by atoms with E-state index < -0.39 is 14.6 Å². The Labute approximate surface area is 117 Å². The number of hydrogen-bond donors (Lipinski definition) is 0. The van der Waals surface area contributed by atoms with Crippen molar-refractivity contribution in [3.8, 4) is 0 Å². The van der Waals surface area contributed by atoms with E-state index in [1.165, 1.54) is 12.5 Å². The van der Waals surface area contributed by atoms with E-state index >= 15 is 0 Å². The minimum Gasteiger partial charge on any atom is -0.472 e. The van der Waals surface area contributed by atoms with Crippen LogP contribution >= 0.6 is 0 Å². The summed E-state index contributed by atoms with van der Waals surface area (Å²) in [6, 6.07) is 1.59. The SMILES string of the molecule is COC[C@@H]1CCS(=O)(=O)C12CN(C(=O)c1ccoc1)C2. The molecule has 3 rings (SSSR count). The summed E-state index contributed by atoms with van der Waals surface area (Å²) in [5.74, 6) is -0.0112. The Bertz CT molecular complexity index is 601. The molecule has 1 atom stereocenters. The van der Waals surface area contributed by atoms with Crippen molar-refractivity contribution in [3.05, 3.63) is 24.2 Å². The molecule has 1 aromatic rings. The number of carbonyl (C=O) groups excluding carboxylic acids is 1. The number of hydrogen-bond acceptors (Lipinski definition) is 5. The van der Waals surface area contributed by atoms with E-state index in [0.29, 0.717) is 18.6 Å². The molecule has 20 heavy (non-hydrogen) atoms. The van der Waals surface area contributed by atoms with Crippen molar-refractivity contribution in [2.45, 2.75) is 11.2 Å². The van der Waals surface area contributed by atoms with Gasteiger partial charge in [0, 0.05) is 26.1 Å². The number of rotatable bonds is 3. The quantitative estimate of drug-likeness (QED) is 0.815. The molecule has 110 valence electrons. The molecule has 7 heteroatoms. The average molecular weight is 299 g/mol. The molecule has 0 unspecified atom stereocenters. The van der Waals surface area contributed by atoms with Gasteiger partial charge in [0.1, 0.15) is 11.0 Å². The Hall–Kier alpha value is -1.34. The minimum absolute atomic E-state index is 0.0223. The van der Waals surface area contributed by atoms with Gasteiger partial charge in [-0.1, -0.05) is 0 Å². The maximum atomic E-state index is 12.3. The molecule has 0 aliphatic carbocycles. The molecule has 0 aromatic carbocycles. The first-order chi connectivity index (χ1) is 9.50. The summed E-state index contributed by atoms with van der Waals surface area (Å²) in [6.07, 6.45) is 3.43. The number of ether oxygens (including phenoxy) is 1. The Morgan fingerprint density at radius 1 is 1.55 bits per heavy atom. The third-order valence-corrected chi connectivity index (χ3v) is 7.04. The Morgan fingerprint density at radius 3 is 2.90 bits per heavy atom. The lowest BCUT2D eigenvalue weighted by atomic mass is 9.83. The number of carbonyl (C=O) groups is 1. The smallest absolute Gasteiger partial charge is 0.257 e. The first-order valence-electron chi connectivity index (χ1n) is 6.53. The van der Waals surface area contributed by atoms with Crippen molar-refractivity contribution in [1.82, 2.24) is 4.90 Å². The summed E-state index contributed by atoms with van der Waals surface area (Å²) in [7, 11) is -1.58. The van der Waals surface area contributed by atoms with E-state index in [9.17, 15) is 13.2 Å². The van der Waals surface area contributed by atoms with Gasteiger partial charge in [0.15, 0.2) is 9.84 Å². The highest BCUT2D eigenvalue weighted by atomic mass is 32.2. The fraction of sp³-hybridized carbons (Fsp3) is 0.615. The predicted molar refractivity (Wildman–Crippen MR) is 71.1 cm³/mol. The van der Waals surface area contributed by atoms with Crippen LogP contribution in [0.25, 0.3) is 0 Å². The number of furan rings is 1. The molecular formula is C13H17NO5S. The van der Waals surface area contributed by atoms with Crippen molar-refractivity contribution < 1.29 is 22.4 Å². The lowest BCUT2D eigenvalue weighted by Gasteiger charge is -2.49. The molecule has 1 spiro atoms. The largest absolute Gasteiger partial charge is 0.472 e. The normalized spacial score (nSPS) is 26.6. The van der Waals surface area contributed by atoms with Crippen LogP contribution in [0, 0.1) is 5.92 Å². The second-order valence-corrected chi connectivity index (χ2v) is 7.95. The minimum atomic E-state index is -3.15. The van der Waals surface area contributed by atoms with Crippen LogP contribution in [0.3, 0.4) is 0 Å². The molecule has 2 fully saturated rings. The maximum absolute atomic E-state index is 12.3. The van der Waals surface area contributed by atoms with Crippen LogP contribution in [0.2, 0.25) is 0 Å². The standard InChI is InChI=1S/C13H17NO5S/c1-18-7-11-3-5-20(16,17)13(11)8-14(9-13)12(15)10-2-4-19-6-10/h2,4,6,11H,3,5,7-9H2,1H3/t11-/m0/s1. The summed E-state index contributed by atoms with van der Waals surface area (Å²) >= 11 is 0. The monoisotopic (exact) mass is 299 g/mol. The molecule has 2 saturated heterocycles.